The third-order valence-corrected chi connectivity index (χ3v) is 13.8. The fourth-order valence-electron chi connectivity index (χ4n) is 10.3. The van der Waals surface area contributed by atoms with Crippen LogP contribution in [-0.2, 0) is 0 Å². The van der Waals surface area contributed by atoms with Crippen molar-refractivity contribution in [2.75, 3.05) is 19.6 Å². The Hall–Kier alpha value is -9.12. The van der Waals surface area contributed by atoms with E-state index in [1.54, 1.807) is 0 Å². The molecule has 0 saturated heterocycles. The minimum atomic E-state index is 0.00102. The topological polar surface area (TPSA) is 13.0 Å². The Kier molecular flexibility index (Phi) is 11.6. The van der Waals surface area contributed by atoms with Gasteiger partial charge in [0.2, 0.25) is 0 Å². The van der Waals surface area contributed by atoms with Crippen molar-refractivity contribution in [3.8, 4) is 0 Å². The van der Waals surface area contributed by atoms with Crippen LogP contribution in [0.4, 0.5) is 56.9 Å². The number of allylic oxidation sites excluding steroid dienone is 1. The molecule has 4 heteroatoms. The van der Waals surface area contributed by atoms with Crippen LogP contribution in [0.25, 0.3) is 32.3 Å². The standard InChI is InChI=1S/C67H52N4/c1-49-45-63(70(58-27-9-4-10-28-58)66-34-31-52-19-13-16-22-55(52)48-66)43-44-67(49)71(61-39-35-59(36-40-61)68(56-23-5-2-6-24-56)64-32-29-50-17-11-14-20-53(50)46-64)62-41-37-60(38-42-62)69(57-25-7-3-8-26-57)65-33-30-51-18-12-15-21-54(51)47-65/h2-49,67H,1H3. The smallest absolute Gasteiger partial charge is 0.0586 e. The van der Waals surface area contributed by atoms with Crippen molar-refractivity contribution in [3.05, 3.63) is 291 Å². The van der Waals surface area contributed by atoms with E-state index in [0.717, 1.165) is 62.6 Å². The van der Waals surface area contributed by atoms with Crippen molar-refractivity contribution in [1.82, 2.24) is 0 Å². The molecule has 1 aliphatic carbocycles. The quantitative estimate of drug-likeness (QED) is 0.121. The van der Waals surface area contributed by atoms with Gasteiger partial charge in [0.15, 0.2) is 0 Å². The lowest BCUT2D eigenvalue weighted by molar-refractivity contribution is 0.604. The van der Waals surface area contributed by atoms with Gasteiger partial charge in [-0.25, -0.2) is 0 Å². The molecule has 2 atom stereocenters. The molecule has 340 valence electrons. The van der Waals surface area contributed by atoms with Crippen LogP contribution in [0, 0.1) is 5.92 Å². The summed E-state index contributed by atoms with van der Waals surface area (Å²) in [6, 6.07) is 96.3. The molecule has 0 saturated carbocycles. The van der Waals surface area contributed by atoms with Gasteiger partial charge in [0.1, 0.15) is 0 Å². The summed E-state index contributed by atoms with van der Waals surface area (Å²) in [5.41, 5.74) is 12.2. The zero-order chi connectivity index (χ0) is 47.5. The van der Waals surface area contributed by atoms with E-state index >= 15 is 0 Å². The van der Waals surface area contributed by atoms with Gasteiger partial charge in [0.05, 0.1) is 6.04 Å². The van der Waals surface area contributed by atoms with Gasteiger partial charge in [-0.05, 0) is 160 Å². The SMILES string of the molecule is CC1C=C(N(c2ccccc2)c2ccc3ccccc3c2)C=CC1N(c1ccc(N(c2ccccc2)c2ccc3ccccc3c2)cc1)c1ccc(N(c2ccccc2)c2ccc3ccccc3c2)cc1. The summed E-state index contributed by atoms with van der Waals surface area (Å²) in [6.45, 7) is 2.35. The van der Waals surface area contributed by atoms with Gasteiger partial charge in [0, 0.05) is 68.5 Å². The Morgan fingerprint density at radius 1 is 0.268 bits per heavy atom. The average Bonchev–Trinajstić information content (AvgIpc) is 3.43. The first-order chi connectivity index (χ1) is 35.1. The molecule has 0 heterocycles. The monoisotopic (exact) mass is 912 g/mol. The molecule has 0 amide bonds. The zero-order valence-electron chi connectivity index (χ0n) is 39.6. The van der Waals surface area contributed by atoms with E-state index in [2.05, 4.69) is 312 Å². The third kappa shape index (κ3) is 8.69. The van der Waals surface area contributed by atoms with Crippen LogP contribution in [-0.4, -0.2) is 6.04 Å². The fraction of sp³-hybridized carbons (Fsp3) is 0.0448. The Balaban J connectivity index is 0.949. The number of hydrogen-bond acceptors (Lipinski definition) is 4. The zero-order valence-corrected chi connectivity index (χ0v) is 39.6. The summed E-state index contributed by atoms with van der Waals surface area (Å²) in [5, 5.41) is 7.31. The van der Waals surface area contributed by atoms with Crippen LogP contribution in [0.15, 0.2) is 291 Å². The number of fused-ring (bicyclic) bond motifs is 3. The second-order valence-corrected chi connectivity index (χ2v) is 18.3. The van der Waals surface area contributed by atoms with Gasteiger partial charge in [-0.15, -0.1) is 0 Å². The molecule has 4 nitrogen and oxygen atoms in total. The number of anilines is 10. The Bertz CT molecular complexity index is 3510. The molecule has 12 rings (SSSR count). The number of nitrogens with zero attached hydrogens (tertiary/aromatic N) is 4. The molecule has 0 N–H and O–H groups in total. The maximum absolute atomic E-state index is 2.51. The molecule has 0 spiro atoms. The molecular formula is C67H52N4. The normalized spacial score (nSPS) is 14.3. The van der Waals surface area contributed by atoms with Gasteiger partial charge in [-0.2, -0.15) is 0 Å². The summed E-state index contributed by atoms with van der Waals surface area (Å²) in [6.07, 6.45) is 7.15. The minimum absolute atomic E-state index is 0.00102. The highest BCUT2D eigenvalue weighted by Gasteiger charge is 2.29. The maximum Gasteiger partial charge on any atom is 0.0586 e. The first kappa shape index (κ1) is 43.2. The molecule has 2 unspecified atom stereocenters. The van der Waals surface area contributed by atoms with Crippen LogP contribution >= 0.6 is 0 Å². The molecule has 0 bridgehead atoms. The third-order valence-electron chi connectivity index (χ3n) is 13.8. The van der Waals surface area contributed by atoms with Gasteiger partial charge in [-0.3, -0.25) is 0 Å². The Morgan fingerprint density at radius 2 is 0.563 bits per heavy atom. The van der Waals surface area contributed by atoms with E-state index in [4.69, 9.17) is 0 Å². The van der Waals surface area contributed by atoms with E-state index in [-0.39, 0.29) is 12.0 Å². The molecule has 0 aromatic heterocycles. The first-order valence-electron chi connectivity index (χ1n) is 24.5. The second-order valence-electron chi connectivity index (χ2n) is 18.3. The lowest BCUT2D eigenvalue weighted by atomic mass is 9.92. The molecule has 11 aromatic rings. The number of para-hydroxylation sites is 3. The summed E-state index contributed by atoms with van der Waals surface area (Å²) >= 11 is 0. The van der Waals surface area contributed by atoms with Crippen LogP contribution in [0.3, 0.4) is 0 Å². The second kappa shape index (κ2) is 19.1. The van der Waals surface area contributed by atoms with Crippen molar-refractivity contribution in [2.45, 2.75) is 13.0 Å². The molecule has 71 heavy (non-hydrogen) atoms. The predicted octanol–water partition coefficient (Wildman–Crippen LogP) is 18.5. The average molecular weight is 913 g/mol. The first-order valence-corrected chi connectivity index (χ1v) is 24.5. The van der Waals surface area contributed by atoms with Crippen LogP contribution < -0.4 is 19.6 Å². The summed E-state index contributed by atoms with van der Waals surface area (Å²) in [4.78, 5) is 9.60. The van der Waals surface area contributed by atoms with Crippen LogP contribution in [0.1, 0.15) is 6.92 Å². The highest BCUT2D eigenvalue weighted by molar-refractivity contribution is 5.92. The highest BCUT2D eigenvalue weighted by Crippen LogP contribution is 2.43. The van der Waals surface area contributed by atoms with Crippen molar-refractivity contribution in [3.63, 3.8) is 0 Å². The molecule has 11 aromatic carbocycles. The summed E-state index contributed by atoms with van der Waals surface area (Å²) < 4.78 is 0. The molecular weight excluding hydrogens is 861 g/mol. The summed E-state index contributed by atoms with van der Waals surface area (Å²) in [7, 11) is 0. The van der Waals surface area contributed by atoms with Crippen molar-refractivity contribution >= 4 is 89.2 Å². The molecule has 1 aliphatic rings. The number of benzene rings is 11. The molecule has 0 radical (unpaired) electrons. The maximum atomic E-state index is 2.51. The molecule has 0 fully saturated rings. The van der Waals surface area contributed by atoms with E-state index in [9.17, 15) is 0 Å². The lowest BCUT2D eigenvalue weighted by Crippen LogP contribution is -2.36. The number of rotatable bonds is 12. The predicted molar refractivity (Wildman–Crippen MR) is 302 cm³/mol. The van der Waals surface area contributed by atoms with Crippen LogP contribution in [0.2, 0.25) is 0 Å². The van der Waals surface area contributed by atoms with Gasteiger partial charge in [0.25, 0.3) is 0 Å². The van der Waals surface area contributed by atoms with E-state index < -0.39 is 0 Å². The van der Waals surface area contributed by atoms with Crippen molar-refractivity contribution < 1.29 is 0 Å². The van der Waals surface area contributed by atoms with Gasteiger partial charge >= 0.3 is 0 Å². The highest BCUT2D eigenvalue weighted by atomic mass is 15.2. The van der Waals surface area contributed by atoms with Crippen LogP contribution in [0.5, 0.6) is 0 Å². The van der Waals surface area contributed by atoms with E-state index in [1.807, 2.05) is 0 Å². The van der Waals surface area contributed by atoms with Gasteiger partial charge in [-0.1, -0.05) is 165 Å². The lowest BCUT2D eigenvalue weighted by Gasteiger charge is -2.39. The van der Waals surface area contributed by atoms with E-state index in [1.165, 1.54) is 32.3 Å². The van der Waals surface area contributed by atoms with Crippen molar-refractivity contribution in [2.24, 2.45) is 5.92 Å². The summed E-state index contributed by atoms with van der Waals surface area (Å²) in [5.74, 6) is 0.123. The molecule has 0 aliphatic heterocycles. The Morgan fingerprint density at radius 3 is 0.944 bits per heavy atom. The van der Waals surface area contributed by atoms with Gasteiger partial charge < -0.3 is 19.6 Å². The Labute approximate surface area is 416 Å². The largest absolute Gasteiger partial charge is 0.334 e. The minimum Gasteiger partial charge on any atom is -0.334 e. The fourth-order valence-corrected chi connectivity index (χ4v) is 10.3. The van der Waals surface area contributed by atoms with Crippen molar-refractivity contribution in [1.29, 1.82) is 0 Å². The number of hydrogen-bond donors (Lipinski definition) is 0. The van der Waals surface area contributed by atoms with E-state index in [0.29, 0.717) is 0 Å².